The highest BCUT2D eigenvalue weighted by molar-refractivity contribution is 6.44. The van der Waals surface area contributed by atoms with Gasteiger partial charge in [-0.15, -0.1) is 0 Å². The van der Waals surface area contributed by atoms with Crippen LogP contribution in [0.15, 0.2) is 9.98 Å². The third-order valence-corrected chi connectivity index (χ3v) is 3.75. The quantitative estimate of drug-likeness (QED) is 0.560. The smallest absolute Gasteiger partial charge is 0.150 e. The van der Waals surface area contributed by atoms with E-state index in [1.165, 1.54) is 69.2 Å². The molecule has 0 aromatic rings. The molecule has 0 N–H and O–H groups in total. The van der Waals surface area contributed by atoms with Gasteiger partial charge in [0.15, 0.2) is 5.66 Å². The van der Waals surface area contributed by atoms with E-state index in [-0.39, 0.29) is 5.66 Å². The monoisotopic (exact) mass is 190 g/mol. The minimum absolute atomic E-state index is 0.0350. The lowest BCUT2D eigenvalue weighted by atomic mass is 9.90. The number of fused-ring (bicyclic) bond motifs is 1. The summed E-state index contributed by atoms with van der Waals surface area (Å²) in [5.41, 5.74) is 2.75. The van der Waals surface area contributed by atoms with Gasteiger partial charge in [-0.25, -0.2) is 0 Å². The lowest BCUT2D eigenvalue weighted by Crippen LogP contribution is -2.25. The average molecular weight is 190 g/mol. The molecule has 0 radical (unpaired) electrons. The Morgan fingerprint density at radius 3 is 1.86 bits per heavy atom. The maximum absolute atomic E-state index is 4.91. The highest BCUT2D eigenvalue weighted by Gasteiger charge is 2.37. The van der Waals surface area contributed by atoms with Crippen molar-refractivity contribution >= 4 is 11.4 Å². The fourth-order valence-electron chi connectivity index (χ4n) is 2.98. The van der Waals surface area contributed by atoms with Gasteiger partial charge in [-0.1, -0.05) is 6.42 Å². The van der Waals surface area contributed by atoms with Crippen molar-refractivity contribution in [1.29, 1.82) is 0 Å². The van der Waals surface area contributed by atoms with E-state index in [9.17, 15) is 0 Å². The standard InChI is InChI=1S/C12H18N2/c1-4-8-12(9-5-1)13-10-6-2-3-7-11(10)14-12/h1-9H2. The van der Waals surface area contributed by atoms with Gasteiger partial charge in [0.1, 0.15) is 0 Å². The number of aliphatic imine (C=N–C) groups is 2. The van der Waals surface area contributed by atoms with Gasteiger partial charge in [0.05, 0.1) is 11.4 Å². The molecular weight excluding hydrogens is 172 g/mol. The van der Waals surface area contributed by atoms with Crippen molar-refractivity contribution in [2.75, 3.05) is 0 Å². The van der Waals surface area contributed by atoms with Crippen LogP contribution in [0.1, 0.15) is 57.8 Å². The molecule has 1 heterocycles. The Balaban J connectivity index is 1.89. The summed E-state index contributed by atoms with van der Waals surface area (Å²) < 4.78 is 0. The van der Waals surface area contributed by atoms with Crippen LogP contribution in [0.5, 0.6) is 0 Å². The minimum atomic E-state index is 0.0350. The van der Waals surface area contributed by atoms with E-state index in [1.54, 1.807) is 0 Å². The Morgan fingerprint density at radius 1 is 0.714 bits per heavy atom. The molecule has 0 amide bonds. The molecule has 14 heavy (non-hydrogen) atoms. The van der Waals surface area contributed by atoms with Crippen LogP contribution in [0.2, 0.25) is 0 Å². The third-order valence-electron chi connectivity index (χ3n) is 3.75. The molecule has 0 atom stereocenters. The predicted molar refractivity (Wildman–Crippen MR) is 59.2 cm³/mol. The van der Waals surface area contributed by atoms with Gasteiger partial charge in [0.25, 0.3) is 0 Å². The summed E-state index contributed by atoms with van der Waals surface area (Å²) in [4.78, 5) is 9.83. The molecule has 76 valence electrons. The Morgan fingerprint density at radius 2 is 1.29 bits per heavy atom. The van der Waals surface area contributed by atoms with E-state index < -0.39 is 0 Å². The van der Waals surface area contributed by atoms with Crippen LogP contribution >= 0.6 is 0 Å². The normalized spacial score (nSPS) is 29.7. The van der Waals surface area contributed by atoms with Crippen LogP contribution in [0, 0.1) is 0 Å². The zero-order chi connectivity index (χ0) is 9.43. The van der Waals surface area contributed by atoms with Crippen molar-refractivity contribution in [3.05, 3.63) is 0 Å². The van der Waals surface area contributed by atoms with Gasteiger partial charge in [-0.05, 0) is 51.4 Å². The largest absolute Gasteiger partial charge is 0.258 e. The summed E-state index contributed by atoms with van der Waals surface area (Å²) >= 11 is 0. The second-order valence-electron chi connectivity index (χ2n) is 4.87. The Labute approximate surface area is 85.5 Å². The van der Waals surface area contributed by atoms with Crippen molar-refractivity contribution < 1.29 is 0 Å². The second kappa shape index (κ2) is 3.18. The number of hydrogen-bond donors (Lipinski definition) is 0. The molecule has 2 saturated carbocycles. The predicted octanol–water partition coefficient (Wildman–Crippen LogP) is 3.12. The van der Waals surface area contributed by atoms with E-state index in [0.29, 0.717) is 0 Å². The van der Waals surface area contributed by atoms with Crippen LogP contribution in [-0.2, 0) is 0 Å². The van der Waals surface area contributed by atoms with Crippen molar-refractivity contribution in [1.82, 2.24) is 0 Å². The highest BCUT2D eigenvalue weighted by atomic mass is 15.1. The molecule has 0 bridgehead atoms. The fourth-order valence-corrected chi connectivity index (χ4v) is 2.98. The summed E-state index contributed by atoms with van der Waals surface area (Å²) in [6.45, 7) is 0. The Kier molecular flexibility index (Phi) is 1.96. The zero-order valence-corrected chi connectivity index (χ0v) is 8.76. The number of rotatable bonds is 0. The molecule has 0 unspecified atom stereocenters. The molecule has 2 heteroatoms. The van der Waals surface area contributed by atoms with Crippen LogP contribution in [0.3, 0.4) is 0 Å². The molecule has 3 rings (SSSR count). The molecule has 0 saturated heterocycles. The van der Waals surface area contributed by atoms with Gasteiger partial charge in [0.2, 0.25) is 0 Å². The summed E-state index contributed by atoms with van der Waals surface area (Å²) in [6, 6.07) is 0. The van der Waals surface area contributed by atoms with Crippen molar-refractivity contribution in [2.24, 2.45) is 9.98 Å². The second-order valence-corrected chi connectivity index (χ2v) is 4.87. The fraction of sp³-hybridized carbons (Fsp3) is 0.833. The minimum Gasteiger partial charge on any atom is -0.258 e. The van der Waals surface area contributed by atoms with Crippen molar-refractivity contribution in [3.63, 3.8) is 0 Å². The average Bonchev–Trinajstić information content (AvgIpc) is 2.56. The van der Waals surface area contributed by atoms with Gasteiger partial charge < -0.3 is 0 Å². The topological polar surface area (TPSA) is 24.7 Å². The maximum atomic E-state index is 4.91. The first-order valence-corrected chi connectivity index (χ1v) is 6.06. The van der Waals surface area contributed by atoms with Crippen LogP contribution in [-0.4, -0.2) is 17.1 Å². The first kappa shape index (κ1) is 8.63. The first-order chi connectivity index (χ1) is 6.88. The molecule has 2 nitrogen and oxygen atoms in total. The lowest BCUT2D eigenvalue weighted by Gasteiger charge is -2.27. The maximum Gasteiger partial charge on any atom is 0.150 e. The molecule has 0 aromatic heterocycles. The van der Waals surface area contributed by atoms with E-state index >= 15 is 0 Å². The summed E-state index contributed by atoms with van der Waals surface area (Å²) in [5.74, 6) is 0. The molecule has 2 fully saturated rings. The van der Waals surface area contributed by atoms with Gasteiger partial charge in [-0.3, -0.25) is 9.98 Å². The molecule has 1 spiro atoms. The first-order valence-electron chi connectivity index (χ1n) is 6.06. The SMILES string of the molecule is C1CCC2(CC1)N=C1CCCCC1=N2. The highest BCUT2D eigenvalue weighted by Crippen LogP contribution is 2.38. The summed E-state index contributed by atoms with van der Waals surface area (Å²) in [5, 5.41) is 0. The van der Waals surface area contributed by atoms with E-state index in [2.05, 4.69) is 0 Å². The number of nitrogens with zero attached hydrogens (tertiary/aromatic N) is 2. The molecule has 1 aliphatic heterocycles. The molecule has 0 aromatic carbocycles. The van der Waals surface area contributed by atoms with Gasteiger partial charge >= 0.3 is 0 Å². The zero-order valence-electron chi connectivity index (χ0n) is 8.76. The lowest BCUT2D eigenvalue weighted by molar-refractivity contribution is 0.316. The summed E-state index contributed by atoms with van der Waals surface area (Å²) in [7, 11) is 0. The van der Waals surface area contributed by atoms with Crippen LogP contribution in [0.4, 0.5) is 0 Å². The van der Waals surface area contributed by atoms with Crippen molar-refractivity contribution in [2.45, 2.75) is 63.5 Å². The van der Waals surface area contributed by atoms with Crippen molar-refractivity contribution in [3.8, 4) is 0 Å². The van der Waals surface area contributed by atoms with E-state index in [4.69, 9.17) is 9.98 Å². The number of hydrogen-bond acceptors (Lipinski definition) is 2. The molecule has 2 aliphatic carbocycles. The Bertz CT molecular complexity index is 271. The van der Waals surface area contributed by atoms with Crippen LogP contribution in [0.25, 0.3) is 0 Å². The van der Waals surface area contributed by atoms with E-state index in [1.807, 2.05) is 0 Å². The summed E-state index contributed by atoms with van der Waals surface area (Å²) in [6.07, 6.45) is 11.5. The van der Waals surface area contributed by atoms with Gasteiger partial charge in [-0.2, -0.15) is 0 Å². The molecule has 3 aliphatic rings. The Hall–Kier alpha value is -0.660. The van der Waals surface area contributed by atoms with E-state index in [0.717, 1.165) is 0 Å². The van der Waals surface area contributed by atoms with Gasteiger partial charge in [0, 0.05) is 0 Å². The molecular formula is C12H18N2. The third kappa shape index (κ3) is 1.32. The van der Waals surface area contributed by atoms with Crippen LogP contribution < -0.4 is 0 Å².